The maximum Gasteiger partial charge on any atom is 0.340 e. The summed E-state index contributed by atoms with van der Waals surface area (Å²) in [5, 5.41) is 5.77. The number of nitrogens with two attached hydrogens (primary N) is 1. The van der Waals surface area contributed by atoms with Crippen LogP contribution in [0.15, 0.2) is 30.6 Å². The quantitative estimate of drug-likeness (QED) is 0.444. The zero-order chi connectivity index (χ0) is 24.7. The van der Waals surface area contributed by atoms with Crippen LogP contribution in [0.3, 0.4) is 0 Å². The van der Waals surface area contributed by atoms with Crippen molar-refractivity contribution in [3.8, 4) is 5.88 Å². The van der Waals surface area contributed by atoms with Gasteiger partial charge in [-0.2, -0.15) is 11.8 Å². The third kappa shape index (κ3) is 4.54. The molecular weight excluding hydrogens is 462 g/mol. The van der Waals surface area contributed by atoms with Gasteiger partial charge in [-0.3, -0.25) is 0 Å². The van der Waals surface area contributed by atoms with Crippen molar-refractivity contribution in [1.29, 1.82) is 0 Å². The van der Waals surface area contributed by atoms with E-state index in [-0.39, 0.29) is 23.5 Å². The number of hydrogen-bond donors (Lipinski definition) is 2. The smallest absolute Gasteiger partial charge is 0.340 e. The molecule has 4 heterocycles. The first kappa shape index (κ1) is 23.8. The van der Waals surface area contributed by atoms with E-state index >= 15 is 0 Å². The molecule has 1 aliphatic carbocycles. The summed E-state index contributed by atoms with van der Waals surface area (Å²) >= 11 is 1.88. The number of carbonyl (C=O) groups excluding carboxylic acids is 1. The molecule has 1 fully saturated rings. The molecule has 1 unspecified atom stereocenters. The molecule has 0 radical (unpaired) electrons. The normalized spacial score (nSPS) is 21.6. The fraction of sp³-hybridized carbons (Fsp3) is 0.462. The number of aromatic nitrogens is 3. The third-order valence-corrected chi connectivity index (χ3v) is 7.90. The SMILES string of the molecule is CCC(N)c1cnc(OC2CC(SC)C2)c2cnc(Nc3ccc4c(n3)C(C)(C)COC4=O)cc12. The Kier molecular flexibility index (Phi) is 6.31. The molecule has 184 valence electrons. The van der Waals surface area contributed by atoms with Gasteiger partial charge in [0.25, 0.3) is 0 Å². The van der Waals surface area contributed by atoms with Crippen LogP contribution in [0.4, 0.5) is 11.6 Å². The highest BCUT2D eigenvalue weighted by atomic mass is 32.2. The van der Waals surface area contributed by atoms with Gasteiger partial charge in [0, 0.05) is 29.1 Å². The van der Waals surface area contributed by atoms with Gasteiger partial charge in [-0.1, -0.05) is 20.8 Å². The molecule has 0 aromatic carbocycles. The van der Waals surface area contributed by atoms with Gasteiger partial charge in [0.15, 0.2) is 0 Å². The van der Waals surface area contributed by atoms with Crippen LogP contribution in [0, 0.1) is 0 Å². The summed E-state index contributed by atoms with van der Waals surface area (Å²) in [5.74, 6) is 1.51. The molecule has 1 saturated carbocycles. The average Bonchev–Trinajstić information content (AvgIpc) is 2.83. The number of thioether (sulfide) groups is 1. The standard InChI is InChI=1S/C26H31N5O3S/c1-5-20(27)18-11-29-24(34-14-8-15(9-14)35-4)19-12-28-22(10-17(18)19)30-21-7-6-16-23(31-21)26(2,3)13-33-25(16)32/h6-7,10-12,14-15,20H,5,8-9,13,27H2,1-4H3,(H,28,30,31). The Balaban J connectivity index is 1.48. The highest BCUT2D eigenvalue weighted by molar-refractivity contribution is 7.99. The van der Waals surface area contributed by atoms with Crippen molar-refractivity contribution in [2.24, 2.45) is 5.73 Å². The zero-order valence-electron chi connectivity index (χ0n) is 20.5. The molecule has 0 bridgehead atoms. The molecule has 2 aliphatic rings. The molecule has 9 heteroatoms. The molecule has 0 spiro atoms. The largest absolute Gasteiger partial charge is 0.474 e. The zero-order valence-corrected chi connectivity index (χ0v) is 21.3. The van der Waals surface area contributed by atoms with Crippen LogP contribution < -0.4 is 15.8 Å². The molecule has 3 aromatic heterocycles. The number of carbonyl (C=O) groups is 1. The van der Waals surface area contributed by atoms with Crippen LogP contribution in [0.1, 0.15) is 67.7 Å². The lowest BCUT2D eigenvalue weighted by Gasteiger charge is -2.34. The Morgan fingerprint density at radius 1 is 1.23 bits per heavy atom. The van der Waals surface area contributed by atoms with Crippen LogP contribution in [0.2, 0.25) is 0 Å². The van der Waals surface area contributed by atoms with Gasteiger partial charge in [0.1, 0.15) is 24.3 Å². The van der Waals surface area contributed by atoms with Crippen LogP contribution in [-0.4, -0.2) is 45.1 Å². The highest BCUT2D eigenvalue weighted by Crippen LogP contribution is 2.37. The number of pyridine rings is 3. The van der Waals surface area contributed by atoms with Crippen molar-refractivity contribution in [3.63, 3.8) is 0 Å². The average molecular weight is 494 g/mol. The number of esters is 1. The Morgan fingerprint density at radius 2 is 2.03 bits per heavy atom. The molecule has 0 saturated heterocycles. The molecular formula is C26H31N5O3S. The summed E-state index contributed by atoms with van der Waals surface area (Å²) in [6.07, 6.45) is 8.78. The van der Waals surface area contributed by atoms with E-state index in [0.29, 0.717) is 34.9 Å². The summed E-state index contributed by atoms with van der Waals surface area (Å²) in [5.41, 5.74) is 8.24. The second-order valence-electron chi connectivity index (χ2n) is 9.90. The lowest BCUT2D eigenvalue weighted by Crippen LogP contribution is -2.35. The lowest BCUT2D eigenvalue weighted by atomic mass is 9.85. The molecule has 0 amide bonds. The number of nitrogens with zero attached hydrogens (tertiary/aromatic N) is 3. The van der Waals surface area contributed by atoms with Gasteiger partial charge in [-0.05, 0) is 54.7 Å². The van der Waals surface area contributed by atoms with E-state index in [4.69, 9.17) is 20.2 Å². The summed E-state index contributed by atoms with van der Waals surface area (Å²) in [6, 6.07) is 5.35. The minimum Gasteiger partial charge on any atom is -0.474 e. The number of fused-ring (bicyclic) bond motifs is 2. The van der Waals surface area contributed by atoms with Gasteiger partial charge < -0.3 is 20.5 Å². The number of rotatable bonds is 7. The number of ether oxygens (including phenoxy) is 2. The Labute approximate surface area is 209 Å². The van der Waals surface area contributed by atoms with Crippen molar-refractivity contribution < 1.29 is 14.3 Å². The van der Waals surface area contributed by atoms with E-state index < -0.39 is 0 Å². The number of hydrogen-bond acceptors (Lipinski definition) is 9. The van der Waals surface area contributed by atoms with E-state index in [1.165, 1.54) is 0 Å². The fourth-order valence-electron chi connectivity index (χ4n) is 4.51. The monoisotopic (exact) mass is 493 g/mol. The molecule has 3 N–H and O–H groups in total. The van der Waals surface area contributed by atoms with E-state index in [2.05, 4.69) is 28.5 Å². The number of cyclic esters (lactones) is 1. The molecule has 1 aliphatic heterocycles. The third-order valence-electron chi connectivity index (χ3n) is 6.85. The van der Waals surface area contributed by atoms with E-state index in [0.717, 1.165) is 41.3 Å². The van der Waals surface area contributed by atoms with Gasteiger partial charge in [-0.15, -0.1) is 0 Å². The number of anilines is 2. The van der Waals surface area contributed by atoms with E-state index in [9.17, 15) is 4.79 Å². The predicted octanol–water partition coefficient (Wildman–Crippen LogP) is 4.90. The van der Waals surface area contributed by atoms with Crippen LogP contribution in [0.25, 0.3) is 10.8 Å². The minimum absolute atomic E-state index is 0.146. The maximum absolute atomic E-state index is 12.2. The predicted molar refractivity (Wildman–Crippen MR) is 139 cm³/mol. The first-order valence-corrected chi connectivity index (χ1v) is 13.3. The summed E-state index contributed by atoms with van der Waals surface area (Å²) in [4.78, 5) is 26.1. The Hall–Kier alpha value is -2.91. The fourth-order valence-corrected chi connectivity index (χ4v) is 5.32. The van der Waals surface area contributed by atoms with Crippen LogP contribution in [0.5, 0.6) is 5.88 Å². The maximum atomic E-state index is 12.2. The summed E-state index contributed by atoms with van der Waals surface area (Å²) in [6.45, 7) is 6.39. The number of nitrogens with one attached hydrogen (secondary N) is 1. The van der Waals surface area contributed by atoms with Crippen molar-refractivity contribution in [3.05, 3.63) is 47.4 Å². The molecule has 5 rings (SSSR count). The molecule has 1 atom stereocenters. The molecule has 8 nitrogen and oxygen atoms in total. The van der Waals surface area contributed by atoms with Gasteiger partial charge in [0.2, 0.25) is 5.88 Å². The van der Waals surface area contributed by atoms with Crippen molar-refractivity contribution in [2.75, 3.05) is 18.2 Å². The second-order valence-corrected chi connectivity index (χ2v) is 11.0. The Morgan fingerprint density at radius 3 is 2.77 bits per heavy atom. The Bertz CT molecular complexity index is 1280. The summed E-state index contributed by atoms with van der Waals surface area (Å²) < 4.78 is 11.5. The van der Waals surface area contributed by atoms with Gasteiger partial charge >= 0.3 is 5.97 Å². The van der Waals surface area contributed by atoms with Crippen molar-refractivity contribution in [1.82, 2.24) is 15.0 Å². The van der Waals surface area contributed by atoms with Crippen molar-refractivity contribution in [2.45, 2.75) is 62.8 Å². The lowest BCUT2D eigenvalue weighted by molar-refractivity contribution is 0.0366. The second kappa shape index (κ2) is 9.28. The van der Waals surface area contributed by atoms with Crippen molar-refractivity contribution >= 4 is 40.1 Å². The van der Waals surface area contributed by atoms with Crippen LogP contribution >= 0.6 is 11.8 Å². The van der Waals surface area contributed by atoms with Crippen LogP contribution in [-0.2, 0) is 10.2 Å². The first-order chi connectivity index (χ1) is 16.8. The van der Waals surface area contributed by atoms with E-state index in [1.54, 1.807) is 18.3 Å². The molecule has 35 heavy (non-hydrogen) atoms. The van der Waals surface area contributed by atoms with E-state index in [1.807, 2.05) is 37.9 Å². The minimum atomic E-state index is -0.368. The summed E-state index contributed by atoms with van der Waals surface area (Å²) in [7, 11) is 0. The topological polar surface area (TPSA) is 112 Å². The van der Waals surface area contributed by atoms with Gasteiger partial charge in [-0.25, -0.2) is 19.7 Å². The highest BCUT2D eigenvalue weighted by Gasteiger charge is 2.35. The molecule has 3 aromatic rings. The first-order valence-electron chi connectivity index (χ1n) is 12.0. The van der Waals surface area contributed by atoms with Gasteiger partial charge in [0.05, 0.1) is 16.6 Å².